The van der Waals surface area contributed by atoms with Crippen LogP contribution in [0.25, 0.3) is 11.4 Å². The molecule has 0 unspecified atom stereocenters. The molecular formula is C16H15N5O. The third kappa shape index (κ3) is 3.12. The quantitative estimate of drug-likeness (QED) is 0.686. The van der Waals surface area contributed by atoms with Crippen LogP contribution in [0.1, 0.15) is 0 Å². The van der Waals surface area contributed by atoms with Crippen LogP contribution in [-0.2, 0) is 0 Å². The summed E-state index contributed by atoms with van der Waals surface area (Å²) in [4.78, 5) is 13.1. The number of nitrogens with zero attached hydrogens (tertiary/aromatic N) is 3. The van der Waals surface area contributed by atoms with Crippen molar-refractivity contribution >= 4 is 17.5 Å². The topological polar surface area (TPSA) is 83.0 Å². The number of hydrogen-bond acceptors (Lipinski definition) is 6. The van der Waals surface area contributed by atoms with Crippen molar-refractivity contribution in [2.45, 2.75) is 0 Å². The number of aromatic hydroxyl groups is 1. The molecule has 3 rings (SSSR count). The summed E-state index contributed by atoms with van der Waals surface area (Å²) in [5.74, 6) is 1.30. The Morgan fingerprint density at radius 2 is 1.86 bits per heavy atom. The van der Waals surface area contributed by atoms with E-state index in [4.69, 9.17) is 0 Å². The Balaban J connectivity index is 1.97. The van der Waals surface area contributed by atoms with Gasteiger partial charge in [0.25, 0.3) is 0 Å². The van der Waals surface area contributed by atoms with Crippen molar-refractivity contribution in [1.29, 1.82) is 0 Å². The molecule has 110 valence electrons. The van der Waals surface area contributed by atoms with E-state index in [1.807, 2.05) is 30.3 Å². The van der Waals surface area contributed by atoms with Crippen LogP contribution >= 0.6 is 0 Å². The smallest absolute Gasteiger partial charge is 0.225 e. The fourth-order valence-electron chi connectivity index (χ4n) is 2.00. The molecule has 22 heavy (non-hydrogen) atoms. The minimum absolute atomic E-state index is 0.192. The summed E-state index contributed by atoms with van der Waals surface area (Å²) < 4.78 is 0. The number of phenols is 1. The predicted molar refractivity (Wildman–Crippen MR) is 86.2 cm³/mol. The maximum absolute atomic E-state index is 9.53. The maximum atomic E-state index is 9.53. The minimum Gasteiger partial charge on any atom is -0.508 e. The van der Waals surface area contributed by atoms with Crippen LogP contribution < -0.4 is 10.6 Å². The Hall–Kier alpha value is -3.15. The van der Waals surface area contributed by atoms with E-state index >= 15 is 0 Å². The summed E-state index contributed by atoms with van der Waals surface area (Å²) >= 11 is 0. The lowest BCUT2D eigenvalue weighted by Crippen LogP contribution is -2.02. The average molecular weight is 293 g/mol. The normalized spacial score (nSPS) is 10.2. The highest BCUT2D eigenvalue weighted by molar-refractivity contribution is 5.65. The third-order valence-corrected chi connectivity index (χ3v) is 3.00. The first-order valence-electron chi connectivity index (χ1n) is 6.79. The summed E-state index contributed by atoms with van der Waals surface area (Å²) in [6, 6.07) is 14.3. The summed E-state index contributed by atoms with van der Waals surface area (Å²) in [6.07, 6.45) is 1.72. The largest absolute Gasteiger partial charge is 0.508 e. The second-order valence-corrected chi connectivity index (χ2v) is 4.60. The van der Waals surface area contributed by atoms with Gasteiger partial charge in [0.15, 0.2) is 0 Å². The van der Waals surface area contributed by atoms with Crippen molar-refractivity contribution in [1.82, 2.24) is 15.0 Å². The molecular weight excluding hydrogens is 278 g/mol. The zero-order chi connectivity index (χ0) is 15.4. The lowest BCUT2D eigenvalue weighted by molar-refractivity contribution is 0.475. The maximum Gasteiger partial charge on any atom is 0.225 e. The zero-order valence-corrected chi connectivity index (χ0v) is 12.0. The van der Waals surface area contributed by atoms with Crippen molar-refractivity contribution in [3.63, 3.8) is 0 Å². The fourth-order valence-corrected chi connectivity index (χ4v) is 2.00. The number of hydrogen-bond donors (Lipinski definition) is 3. The van der Waals surface area contributed by atoms with E-state index in [2.05, 4.69) is 25.6 Å². The Morgan fingerprint density at radius 3 is 2.59 bits per heavy atom. The molecule has 2 heterocycles. The molecule has 0 radical (unpaired) electrons. The second kappa shape index (κ2) is 6.09. The molecule has 1 aromatic carbocycles. The molecule has 3 aromatic rings. The molecule has 0 spiro atoms. The van der Waals surface area contributed by atoms with E-state index in [9.17, 15) is 5.11 Å². The number of anilines is 3. The molecule has 0 aliphatic heterocycles. The van der Waals surface area contributed by atoms with Gasteiger partial charge >= 0.3 is 0 Å². The van der Waals surface area contributed by atoms with E-state index < -0.39 is 0 Å². The minimum atomic E-state index is 0.192. The van der Waals surface area contributed by atoms with Gasteiger partial charge in [-0.1, -0.05) is 12.1 Å². The zero-order valence-electron chi connectivity index (χ0n) is 12.0. The number of nitrogens with one attached hydrogen (secondary N) is 2. The van der Waals surface area contributed by atoms with Gasteiger partial charge in [-0.25, -0.2) is 4.98 Å². The summed E-state index contributed by atoms with van der Waals surface area (Å²) in [7, 11) is 1.76. The molecule has 0 aliphatic rings. The van der Waals surface area contributed by atoms with Crippen molar-refractivity contribution in [3.8, 4) is 17.1 Å². The Morgan fingerprint density at radius 1 is 0.955 bits per heavy atom. The van der Waals surface area contributed by atoms with E-state index in [0.29, 0.717) is 17.5 Å². The van der Waals surface area contributed by atoms with E-state index in [1.54, 1.807) is 31.4 Å². The molecule has 0 amide bonds. The van der Waals surface area contributed by atoms with Crippen LogP contribution in [0.15, 0.2) is 54.7 Å². The van der Waals surface area contributed by atoms with Crippen LogP contribution in [0.3, 0.4) is 0 Å². The van der Waals surface area contributed by atoms with Gasteiger partial charge in [0.2, 0.25) is 5.95 Å². The van der Waals surface area contributed by atoms with Gasteiger partial charge in [0.1, 0.15) is 11.6 Å². The van der Waals surface area contributed by atoms with Crippen LogP contribution in [0.2, 0.25) is 0 Å². The average Bonchev–Trinajstić information content (AvgIpc) is 2.55. The standard InChI is InChI=1S/C16H15N5O/c1-17-16-20-14(13-7-2-3-8-18-13)10-15(21-16)19-11-5-4-6-12(22)9-11/h2-10,22H,1H3,(H2,17,19,20,21). The molecule has 2 aromatic heterocycles. The molecule has 0 bridgehead atoms. The van der Waals surface area contributed by atoms with E-state index in [0.717, 1.165) is 11.4 Å². The van der Waals surface area contributed by atoms with Gasteiger partial charge in [0.05, 0.1) is 11.4 Å². The monoisotopic (exact) mass is 293 g/mol. The van der Waals surface area contributed by atoms with Gasteiger partial charge in [0, 0.05) is 31.1 Å². The van der Waals surface area contributed by atoms with Crippen molar-refractivity contribution in [2.24, 2.45) is 0 Å². The number of rotatable bonds is 4. The van der Waals surface area contributed by atoms with Gasteiger partial charge in [-0.05, 0) is 24.3 Å². The molecule has 0 atom stereocenters. The fraction of sp³-hybridized carbons (Fsp3) is 0.0625. The molecule has 0 aliphatic carbocycles. The number of pyridine rings is 1. The lowest BCUT2D eigenvalue weighted by atomic mass is 10.2. The van der Waals surface area contributed by atoms with Crippen LogP contribution in [0.5, 0.6) is 5.75 Å². The van der Waals surface area contributed by atoms with Crippen molar-refractivity contribution in [3.05, 3.63) is 54.7 Å². The van der Waals surface area contributed by atoms with E-state index in [1.165, 1.54) is 0 Å². The number of aromatic nitrogens is 3. The van der Waals surface area contributed by atoms with Crippen molar-refractivity contribution < 1.29 is 5.11 Å². The molecule has 0 saturated heterocycles. The Kier molecular flexibility index (Phi) is 3.82. The van der Waals surface area contributed by atoms with Gasteiger partial charge in [-0.3, -0.25) is 4.98 Å². The van der Waals surface area contributed by atoms with Gasteiger partial charge < -0.3 is 15.7 Å². The first kappa shape index (κ1) is 13.8. The SMILES string of the molecule is CNc1nc(Nc2cccc(O)c2)cc(-c2ccccn2)n1. The van der Waals surface area contributed by atoms with Gasteiger partial charge in [-0.2, -0.15) is 4.98 Å². The molecule has 6 nitrogen and oxygen atoms in total. The Labute approximate surface area is 127 Å². The first-order chi connectivity index (χ1) is 10.7. The molecule has 0 saturated carbocycles. The number of benzene rings is 1. The van der Waals surface area contributed by atoms with Crippen molar-refractivity contribution in [2.75, 3.05) is 17.7 Å². The first-order valence-corrected chi connectivity index (χ1v) is 6.79. The third-order valence-electron chi connectivity index (χ3n) is 3.00. The summed E-state index contributed by atoms with van der Waals surface area (Å²) in [5.41, 5.74) is 2.22. The highest BCUT2D eigenvalue weighted by atomic mass is 16.3. The van der Waals surface area contributed by atoms with Gasteiger partial charge in [-0.15, -0.1) is 0 Å². The van der Waals surface area contributed by atoms with Crippen LogP contribution in [0.4, 0.5) is 17.5 Å². The summed E-state index contributed by atoms with van der Waals surface area (Å²) in [6.45, 7) is 0. The molecule has 3 N–H and O–H groups in total. The predicted octanol–water partition coefficient (Wildman–Crippen LogP) is 3.03. The van der Waals surface area contributed by atoms with E-state index in [-0.39, 0.29) is 5.75 Å². The Bertz CT molecular complexity index is 776. The number of phenolic OH excluding ortho intramolecular Hbond substituents is 1. The van der Waals surface area contributed by atoms with Crippen LogP contribution in [-0.4, -0.2) is 27.1 Å². The highest BCUT2D eigenvalue weighted by Gasteiger charge is 2.07. The molecule has 6 heteroatoms. The molecule has 0 fully saturated rings. The second-order valence-electron chi connectivity index (χ2n) is 4.60. The summed E-state index contributed by atoms with van der Waals surface area (Å²) in [5, 5.41) is 15.6. The lowest BCUT2D eigenvalue weighted by Gasteiger charge is -2.09. The van der Waals surface area contributed by atoms with Crippen LogP contribution in [0, 0.1) is 0 Å². The highest BCUT2D eigenvalue weighted by Crippen LogP contribution is 2.23.